The van der Waals surface area contributed by atoms with Crippen LogP contribution in [0, 0.1) is 0 Å². The number of benzene rings is 4. The zero-order valence-electron chi connectivity index (χ0n) is 27.0. The molecule has 3 aliphatic heterocycles. The smallest absolute Gasteiger partial charge is 0.261 e. The van der Waals surface area contributed by atoms with Crippen molar-refractivity contribution in [3.05, 3.63) is 89.0 Å². The Morgan fingerprint density at radius 3 is 1.83 bits per heavy atom. The highest BCUT2D eigenvalue weighted by molar-refractivity contribution is 6.26. The van der Waals surface area contributed by atoms with Gasteiger partial charge in [-0.25, -0.2) is 0 Å². The summed E-state index contributed by atoms with van der Waals surface area (Å²) >= 11 is 0. The number of piperazine rings is 1. The van der Waals surface area contributed by atoms with Crippen molar-refractivity contribution in [2.75, 3.05) is 84.4 Å². The summed E-state index contributed by atoms with van der Waals surface area (Å²) in [7, 11) is 4.11. The largest absolute Gasteiger partial charge is 0.369 e. The summed E-state index contributed by atoms with van der Waals surface area (Å²) in [5.74, 6) is -0.976. The fraction of sp³-hybridized carbons (Fsp3) is 0.351. The molecule has 0 aromatic heterocycles. The number of carbonyl (C=O) groups is 4. The molecule has 7 rings (SSSR count). The summed E-state index contributed by atoms with van der Waals surface area (Å²) in [6.45, 7) is 6.87. The average Bonchev–Trinajstić information content (AvgIpc) is 3.08. The summed E-state index contributed by atoms with van der Waals surface area (Å²) < 4.78 is 0. The molecule has 10 nitrogen and oxygen atoms in total. The van der Waals surface area contributed by atoms with Crippen molar-refractivity contribution in [1.29, 1.82) is 0 Å². The van der Waals surface area contributed by atoms with Crippen LogP contribution in [0.25, 0.3) is 21.5 Å². The van der Waals surface area contributed by atoms with Gasteiger partial charge in [-0.1, -0.05) is 36.4 Å². The van der Waals surface area contributed by atoms with Crippen molar-refractivity contribution in [2.45, 2.75) is 6.42 Å². The van der Waals surface area contributed by atoms with Gasteiger partial charge in [0.05, 0.1) is 5.56 Å². The Kier molecular flexibility index (Phi) is 8.48. The van der Waals surface area contributed by atoms with E-state index < -0.39 is 0 Å². The summed E-state index contributed by atoms with van der Waals surface area (Å²) in [5.41, 5.74) is 3.35. The molecule has 0 atom stereocenters. The van der Waals surface area contributed by atoms with Crippen molar-refractivity contribution >= 4 is 50.9 Å². The van der Waals surface area contributed by atoms with Crippen LogP contribution in [0.15, 0.2) is 66.7 Å². The highest BCUT2D eigenvalue weighted by atomic mass is 16.2. The maximum Gasteiger partial charge on any atom is 0.261 e. The van der Waals surface area contributed by atoms with Crippen LogP contribution in [0.4, 0.5) is 5.69 Å². The number of rotatable bonds is 11. The fourth-order valence-corrected chi connectivity index (χ4v) is 7.05. The molecule has 3 heterocycles. The van der Waals surface area contributed by atoms with Crippen molar-refractivity contribution in [2.24, 2.45) is 0 Å². The first-order valence-corrected chi connectivity index (χ1v) is 16.5. The summed E-state index contributed by atoms with van der Waals surface area (Å²) in [6, 6.07) is 20.9. The van der Waals surface area contributed by atoms with E-state index in [4.69, 9.17) is 0 Å². The SMILES string of the molecule is CN(CCCNCCN1C(=O)c2cccc3cccc(c23)C1=O)CCN1C(=O)c2cccc3cc(N4CCN(C)CC4)cc(c23)C1=O. The number of hydrogen-bond donors (Lipinski definition) is 1. The molecule has 1 N–H and O–H groups in total. The molecule has 0 bridgehead atoms. The topological polar surface area (TPSA) is 96.5 Å². The van der Waals surface area contributed by atoms with Crippen LogP contribution >= 0.6 is 0 Å². The Morgan fingerprint density at radius 2 is 1.19 bits per heavy atom. The summed E-state index contributed by atoms with van der Waals surface area (Å²) in [5, 5.41) is 6.67. The van der Waals surface area contributed by atoms with Gasteiger partial charge in [-0.3, -0.25) is 29.0 Å². The van der Waals surface area contributed by atoms with Crippen LogP contribution in [-0.4, -0.2) is 123 Å². The maximum absolute atomic E-state index is 13.7. The van der Waals surface area contributed by atoms with Crippen molar-refractivity contribution in [1.82, 2.24) is 24.9 Å². The molecule has 0 saturated carbocycles. The lowest BCUT2D eigenvalue weighted by Crippen LogP contribution is -2.45. The van der Waals surface area contributed by atoms with E-state index in [0.29, 0.717) is 55.0 Å². The van der Waals surface area contributed by atoms with E-state index in [1.165, 1.54) is 9.80 Å². The highest BCUT2D eigenvalue weighted by Gasteiger charge is 2.34. The lowest BCUT2D eigenvalue weighted by atomic mass is 9.93. The number of anilines is 1. The zero-order valence-corrected chi connectivity index (χ0v) is 27.0. The van der Waals surface area contributed by atoms with E-state index in [9.17, 15) is 19.2 Å². The van der Waals surface area contributed by atoms with Crippen LogP contribution in [0.5, 0.6) is 0 Å². The van der Waals surface area contributed by atoms with Gasteiger partial charge in [0, 0.05) is 85.5 Å². The zero-order chi connectivity index (χ0) is 32.7. The summed E-state index contributed by atoms with van der Waals surface area (Å²) in [4.78, 5) is 62.9. The monoisotopic (exact) mass is 632 g/mol. The molecular formula is C37H40N6O4. The van der Waals surface area contributed by atoms with Gasteiger partial charge in [0.2, 0.25) is 0 Å². The van der Waals surface area contributed by atoms with Gasteiger partial charge in [-0.2, -0.15) is 0 Å². The Bertz CT molecular complexity index is 1850. The molecule has 4 aromatic carbocycles. The predicted molar refractivity (Wildman–Crippen MR) is 183 cm³/mol. The molecule has 47 heavy (non-hydrogen) atoms. The first-order valence-electron chi connectivity index (χ1n) is 16.5. The van der Waals surface area contributed by atoms with Crippen LogP contribution in [0.3, 0.4) is 0 Å². The van der Waals surface area contributed by atoms with E-state index in [1.54, 1.807) is 12.1 Å². The molecule has 0 unspecified atom stereocenters. The standard InChI is InChI=1S/C37H40N6O4/c1-39(15-6-13-38-14-16-42-34(44)28-10-3-7-25-8-4-11-29(32(25)28)35(42)45)19-22-43-36(46)30-12-5-9-26-23-27(24-31(33(26)30)37(43)47)41-20-17-40(2)18-21-41/h3-5,7-12,23-24,38H,6,13-22H2,1-2H3. The molecule has 4 aromatic rings. The minimum Gasteiger partial charge on any atom is -0.369 e. The third-order valence-electron chi connectivity index (χ3n) is 9.75. The van der Waals surface area contributed by atoms with E-state index in [1.807, 2.05) is 55.6 Å². The van der Waals surface area contributed by atoms with Gasteiger partial charge in [-0.05, 0) is 74.7 Å². The van der Waals surface area contributed by atoms with Crippen molar-refractivity contribution < 1.29 is 19.2 Å². The molecule has 0 spiro atoms. The number of nitrogens with one attached hydrogen (secondary N) is 1. The number of nitrogens with zero attached hydrogens (tertiary/aromatic N) is 5. The van der Waals surface area contributed by atoms with Gasteiger partial charge in [-0.15, -0.1) is 0 Å². The molecule has 1 fully saturated rings. The number of imide groups is 2. The van der Waals surface area contributed by atoms with Gasteiger partial charge in [0.1, 0.15) is 0 Å². The normalized spacial score (nSPS) is 16.8. The van der Waals surface area contributed by atoms with E-state index >= 15 is 0 Å². The third-order valence-corrected chi connectivity index (χ3v) is 9.75. The van der Waals surface area contributed by atoms with Gasteiger partial charge < -0.3 is 20.0 Å². The Hall–Kier alpha value is -4.64. The second-order valence-electron chi connectivity index (χ2n) is 12.8. The van der Waals surface area contributed by atoms with Crippen LogP contribution in [0.2, 0.25) is 0 Å². The van der Waals surface area contributed by atoms with Crippen LogP contribution < -0.4 is 10.2 Å². The van der Waals surface area contributed by atoms with Gasteiger partial charge in [0.25, 0.3) is 23.6 Å². The highest BCUT2D eigenvalue weighted by Crippen LogP contribution is 2.34. The lowest BCUT2D eigenvalue weighted by molar-refractivity contribution is 0.0589. The third kappa shape index (κ3) is 5.77. The second-order valence-corrected chi connectivity index (χ2v) is 12.8. The molecular weight excluding hydrogens is 592 g/mol. The quantitative estimate of drug-likeness (QED) is 0.198. The number of amides is 4. The molecule has 1 saturated heterocycles. The van der Waals surface area contributed by atoms with Gasteiger partial charge in [0.15, 0.2) is 0 Å². The van der Waals surface area contributed by atoms with E-state index in [2.05, 4.69) is 33.1 Å². The fourth-order valence-electron chi connectivity index (χ4n) is 7.05. The molecule has 0 radical (unpaired) electrons. The molecule has 0 aliphatic carbocycles. The van der Waals surface area contributed by atoms with Crippen molar-refractivity contribution in [3.63, 3.8) is 0 Å². The molecule has 3 aliphatic rings. The molecule has 242 valence electrons. The summed E-state index contributed by atoms with van der Waals surface area (Å²) in [6.07, 6.45) is 0.832. The van der Waals surface area contributed by atoms with Crippen LogP contribution in [0.1, 0.15) is 47.9 Å². The molecule has 4 amide bonds. The van der Waals surface area contributed by atoms with E-state index in [-0.39, 0.29) is 23.6 Å². The maximum atomic E-state index is 13.7. The second kappa shape index (κ2) is 12.9. The Morgan fingerprint density at radius 1 is 0.638 bits per heavy atom. The number of carbonyl (C=O) groups excluding carboxylic acids is 4. The minimum atomic E-state index is -0.253. The van der Waals surface area contributed by atoms with Crippen LogP contribution in [-0.2, 0) is 0 Å². The Labute approximate surface area is 274 Å². The minimum absolute atomic E-state index is 0.231. The molecule has 10 heteroatoms. The number of hydrogen-bond acceptors (Lipinski definition) is 8. The average molecular weight is 633 g/mol. The first-order chi connectivity index (χ1) is 22.8. The van der Waals surface area contributed by atoms with Crippen molar-refractivity contribution in [3.8, 4) is 0 Å². The first kappa shape index (κ1) is 31.0. The van der Waals surface area contributed by atoms with E-state index in [0.717, 1.165) is 66.4 Å². The van der Waals surface area contributed by atoms with Gasteiger partial charge >= 0.3 is 0 Å². The Balaban J connectivity index is 0.904. The lowest BCUT2D eigenvalue weighted by Gasteiger charge is -2.35. The number of likely N-dealkylation sites (N-methyl/N-ethyl adjacent to an activating group) is 2. The predicted octanol–water partition coefficient (Wildman–Crippen LogP) is 3.55.